The number of benzene rings is 2. The molecule has 128 valence electrons. The van der Waals surface area contributed by atoms with Crippen molar-refractivity contribution in [3.8, 4) is 0 Å². The van der Waals surface area contributed by atoms with E-state index in [9.17, 15) is 4.39 Å². The molecule has 0 aliphatic heterocycles. The second-order valence-electron chi connectivity index (χ2n) is 5.81. The molecule has 2 aromatic carbocycles. The molecule has 0 saturated carbocycles. The van der Waals surface area contributed by atoms with Gasteiger partial charge in [0.25, 0.3) is 0 Å². The fraction of sp³-hybridized carbons (Fsp3) is 0.316. The number of halogens is 1. The van der Waals surface area contributed by atoms with Gasteiger partial charge in [0.1, 0.15) is 5.82 Å². The monoisotopic (exact) mass is 345 g/mol. The van der Waals surface area contributed by atoms with Gasteiger partial charge in [-0.2, -0.15) is 0 Å². The molecule has 0 aromatic heterocycles. The quantitative estimate of drug-likeness (QED) is 0.567. The second-order valence-corrected chi connectivity index (χ2v) is 6.22. The Morgan fingerprint density at radius 3 is 2.42 bits per heavy atom. The molecule has 2 N–H and O–H groups in total. The number of hydrogen-bond donors (Lipinski definition) is 2. The van der Waals surface area contributed by atoms with Crippen LogP contribution in [0.25, 0.3) is 0 Å². The zero-order valence-electron chi connectivity index (χ0n) is 14.0. The summed E-state index contributed by atoms with van der Waals surface area (Å²) in [6.45, 7) is 3.38. The molecule has 24 heavy (non-hydrogen) atoms. The predicted octanol–water partition coefficient (Wildman–Crippen LogP) is 3.31. The van der Waals surface area contributed by atoms with Crippen molar-refractivity contribution >= 4 is 17.3 Å². The molecule has 0 atom stereocenters. The second kappa shape index (κ2) is 10.0. The van der Waals surface area contributed by atoms with E-state index in [2.05, 4.69) is 46.8 Å². The van der Waals surface area contributed by atoms with Gasteiger partial charge in [-0.3, -0.25) is 0 Å². The van der Waals surface area contributed by atoms with Crippen molar-refractivity contribution in [1.29, 1.82) is 0 Å². The summed E-state index contributed by atoms with van der Waals surface area (Å²) in [4.78, 5) is 2.30. The summed E-state index contributed by atoms with van der Waals surface area (Å²) in [6.07, 6.45) is 1.02. The van der Waals surface area contributed by atoms with Gasteiger partial charge in [-0.15, -0.1) is 0 Å². The Bertz CT molecular complexity index is 616. The van der Waals surface area contributed by atoms with E-state index < -0.39 is 0 Å². The Balaban J connectivity index is 1.56. The van der Waals surface area contributed by atoms with Gasteiger partial charge in [0.15, 0.2) is 5.11 Å². The number of thiocarbonyl (C=S) groups is 1. The standard InChI is InChI=1S/C19H24FN3S/c1-23(15-17-6-3-2-4-7-17)13-5-12-21-19(24)22-14-16-8-10-18(20)11-9-16/h2-4,6-11H,5,12-15H2,1H3,(H2,21,22,24). The molecule has 0 unspecified atom stereocenters. The number of rotatable bonds is 8. The van der Waals surface area contributed by atoms with E-state index in [0.717, 1.165) is 31.6 Å². The van der Waals surface area contributed by atoms with Crippen LogP contribution in [0.5, 0.6) is 0 Å². The Hall–Kier alpha value is -1.98. The molecular weight excluding hydrogens is 321 g/mol. The van der Waals surface area contributed by atoms with Gasteiger partial charge >= 0.3 is 0 Å². The first kappa shape index (κ1) is 18.4. The van der Waals surface area contributed by atoms with Crippen LogP contribution in [-0.4, -0.2) is 30.1 Å². The van der Waals surface area contributed by atoms with Crippen LogP contribution < -0.4 is 10.6 Å². The molecule has 0 saturated heterocycles. The first-order valence-electron chi connectivity index (χ1n) is 8.12. The van der Waals surface area contributed by atoms with Crippen LogP contribution in [0.3, 0.4) is 0 Å². The van der Waals surface area contributed by atoms with Gasteiger partial charge in [-0.1, -0.05) is 42.5 Å². The topological polar surface area (TPSA) is 27.3 Å². The summed E-state index contributed by atoms with van der Waals surface area (Å²) in [5.74, 6) is -0.223. The molecular formula is C19H24FN3S. The van der Waals surface area contributed by atoms with Crippen molar-refractivity contribution in [1.82, 2.24) is 15.5 Å². The third-order valence-electron chi connectivity index (χ3n) is 3.66. The highest BCUT2D eigenvalue weighted by Crippen LogP contribution is 2.03. The lowest BCUT2D eigenvalue weighted by molar-refractivity contribution is 0.322. The van der Waals surface area contributed by atoms with Crippen LogP contribution in [0.2, 0.25) is 0 Å². The minimum atomic E-state index is -0.223. The summed E-state index contributed by atoms with van der Waals surface area (Å²) < 4.78 is 12.8. The van der Waals surface area contributed by atoms with E-state index in [4.69, 9.17) is 12.2 Å². The Kier molecular flexibility index (Phi) is 7.65. The van der Waals surface area contributed by atoms with Crippen molar-refractivity contribution in [3.05, 3.63) is 71.5 Å². The van der Waals surface area contributed by atoms with E-state index in [0.29, 0.717) is 11.7 Å². The maximum atomic E-state index is 12.8. The van der Waals surface area contributed by atoms with E-state index in [-0.39, 0.29) is 5.82 Å². The van der Waals surface area contributed by atoms with Crippen molar-refractivity contribution in [2.75, 3.05) is 20.1 Å². The fourth-order valence-electron chi connectivity index (χ4n) is 2.37. The predicted molar refractivity (Wildman–Crippen MR) is 101 cm³/mol. The van der Waals surface area contributed by atoms with Gasteiger partial charge in [0.2, 0.25) is 0 Å². The highest BCUT2D eigenvalue weighted by Gasteiger charge is 2.01. The molecule has 2 rings (SSSR count). The van der Waals surface area contributed by atoms with Gasteiger partial charge in [0, 0.05) is 19.6 Å². The largest absolute Gasteiger partial charge is 0.363 e. The molecule has 0 amide bonds. The molecule has 0 radical (unpaired) electrons. The van der Waals surface area contributed by atoms with E-state index in [1.165, 1.54) is 17.7 Å². The minimum Gasteiger partial charge on any atom is -0.363 e. The molecule has 0 spiro atoms. The third kappa shape index (κ3) is 7.06. The molecule has 0 fully saturated rings. The van der Waals surface area contributed by atoms with Crippen LogP contribution >= 0.6 is 12.2 Å². The molecule has 0 heterocycles. The lowest BCUT2D eigenvalue weighted by Gasteiger charge is -2.17. The highest BCUT2D eigenvalue weighted by molar-refractivity contribution is 7.80. The average molecular weight is 345 g/mol. The maximum absolute atomic E-state index is 12.8. The van der Waals surface area contributed by atoms with E-state index in [1.54, 1.807) is 12.1 Å². The van der Waals surface area contributed by atoms with Gasteiger partial charge in [-0.25, -0.2) is 4.39 Å². The first-order chi connectivity index (χ1) is 11.6. The summed E-state index contributed by atoms with van der Waals surface area (Å²) in [7, 11) is 2.12. The van der Waals surface area contributed by atoms with Crippen molar-refractivity contribution < 1.29 is 4.39 Å². The molecule has 0 aliphatic carbocycles. The lowest BCUT2D eigenvalue weighted by Crippen LogP contribution is -2.36. The van der Waals surface area contributed by atoms with Crippen molar-refractivity contribution in [2.45, 2.75) is 19.5 Å². The van der Waals surface area contributed by atoms with Crippen molar-refractivity contribution in [2.24, 2.45) is 0 Å². The first-order valence-corrected chi connectivity index (χ1v) is 8.53. The van der Waals surface area contributed by atoms with Crippen LogP contribution in [0.4, 0.5) is 4.39 Å². The van der Waals surface area contributed by atoms with Gasteiger partial charge in [-0.05, 0) is 55.5 Å². The number of nitrogens with zero attached hydrogens (tertiary/aromatic N) is 1. The van der Waals surface area contributed by atoms with E-state index in [1.807, 2.05) is 6.07 Å². The third-order valence-corrected chi connectivity index (χ3v) is 3.95. The highest BCUT2D eigenvalue weighted by atomic mass is 32.1. The molecule has 2 aromatic rings. The van der Waals surface area contributed by atoms with Gasteiger partial charge in [0.05, 0.1) is 0 Å². The fourth-order valence-corrected chi connectivity index (χ4v) is 2.55. The zero-order chi connectivity index (χ0) is 17.2. The molecule has 3 nitrogen and oxygen atoms in total. The summed E-state index contributed by atoms with van der Waals surface area (Å²) in [5.41, 5.74) is 2.33. The summed E-state index contributed by atoms with van der Waals surface area (Å²) in [5, 5.41) is 6.96. The molecule has 0 aliphatic rings. The van der Waals surface area contributed by atoms with Gasteiger partial charge < -0.3 is 15.5 Å². The summed E-state index contributed by atoms with van der Waals surface area (Å²) in [6, 6.07) is 16.9. The Morgan fingerprint density at radius 1 is 1.00 bits per heavy atom. The lowest BCUT2D eigenvalue weighted by atomic mass is 10.2. The summed E-state index contributed by atoms with van der Waals surface area (Å²) >= 11 is 5.25. The maximum Gasteiger partial charge on any atom is 0.166 e. The van der Waals surface area contributed by atoms with Crippen LogP contribution in [0.1, 0.15) is 17.5 Å². The molecule has 5 heteroatoms. The SMILES string of the molecule is CN(CCCNC(=S)NCc1ccc(F)cc1)Cc1ccccc1. The van der Waals surface area contributed by atoms with Crippen LogP contribution in [0, 0.1) is 5.82 Å². The Morgan fingerprint density at radius 2 is 1.71 bits per heavy atom. The normalized spacial score (nSPS) is 10.6. The average Bonchev–Trinajstić information content (AvgIpc) is 2.59. The van der Waals surface area contributed by atoms with Crippen molar-refractivity contribution in [3.63, 3.8) is 0 Å². The zero-order valence-corrected chi connectivity index (χ0v) is 14.8. The van der Waals surface area contributed by atoms with E-state index >= 15 is 0 Å². The Labute approximate surface area is 148 Å². The smallest absolute Gasteiger partial charge is 0.166 e. The van der Waals surface area contributed by atoms with Crippen LogP contribution in [-0.2, 0) is 13.1 Å². The van der Waals surface area contributed by atoms with Crippen LogP contribution in [0.15, 0.2) is 54.6 Å². The molecule has 0 bridgehead atoms. The number of nitrogens with one attached hydrogen (secondary N) is 2. The minimum absolute atomic E-state index is 0.223. The number of hydrogen-bond acceptors (Lipinski definition) is 2.